The van der Waals surface area contributed by atoms with Crippen molar-refractivity contribution in [3.8, 4) is 0 Å². The van der Waals surface area contributed by atoms with E-state index < -0.39 is 0 Å². The van der Waals surface area contributed by atoms with Gasteiger partial charge in [-0.05, 0) is 19.1 Å². The van der Waals surface area contributed by atoms with Crippen LogP contribution in [-0.2, 0) is 20.0 Å². The second-order valence-electron chi connectivity index (χ2n) is 3.97. The summed E-state index contributed by atoms with van der Waals surface area (Å²) in [5, 5.41) is 11.4. The van der Waals surface area contributed by atoms with Crippen LogP contribution < -0.4 is 5.32 Å². The Balaban J connectivity index is 1.75. The summed E-state index contributed by atoms with van der Waals surface area (Å²) in [6.45, 7) is 3.58. The molecule has 0 saturated heterocycles. The van der Waals surface area contributed by atoms with Gasteiger partial charge in [0.25, 0.3) is 0 Å². The molecule has 1 N–H and O–H groups in total. The van der Waals surface area contributed by atoms with Gasteiger partial charge in [0, 0.05) is 31.9 Å². The van der Waals surface area contributed by atoms with Crippen LogP contribution in [0.4, 0.5) is 0 Å². The fourth-order valence-electron chi connectivity index (χ4n) is 1.57. The van der Waals surface area contributed by atoms with Crippen LogP contribution in [-0.4, -0.2) is 26.3 Å². The van der Waals surface area contributed by atoms with E-state index in [2.05, 4.69) is 20.5 Å². The van der Waals surface area contributed by atoms with E-state index in [1.54, 1.807) is 0 Å². The normalized spacial score (nSPS) is 10.7. The topological polar surface area (TPSA) is 55.6 Å². The summed E-state index contributed by atoms with van der Waals surface area (Å²) in [7, 11) is 1.98. The van der Waals surface area contributed by atoms with Gasteiger partial charge in [0.15, 0.2) is 0 Å². The minimum Gasteiger partial charge on any atom is -0.317 e. The van der Waals surface area contributed by atoms with E-state index in [0.717, 1.165) is 36.9 Å². The molecule has 0 aliphatic rings. The summed E-state index contributed by atoms with van der Waals surface area (Å²) in [6, 6.07) is 5.97. The predicted octanol–water partition coefficient (Wildman–Crippen LogP) is 0.851. The first-order valence-corrected chi connectivity index (χ1v) is 5.73. The fourth-order valence-corrected chi connectivity index (χ4v) is 1.57. The molecule has 0 amide bonds. The van der Waals surface area contributed by atoms with E-state index in [4.69, 9.17) is 0 Å². The van der Waals surface area contributed by atoms with Crippen LogP contribution in [0.15, 0.2) is 24.4 Å². The number of pyridine rings is 1. The lowest BCUT2D eigenvalue weighted by atomic mass is 10.3. The van der Waals surface area contributed by atoms with Gasteiger partial charge in [-0.2, -0.15) is 0 Å². The van der Waals surface area contributed by atoms with Gasteiger partial charge < -0.3 is 9.88 Å². The Morgan fingerprint density at radius 2 is 2.18 bits per heavy atom. The number of rotatable bonds is 5. The molecule has 17 heavy (non-hydrogen) atoms. The van der Waals surface area contributed by atoms with Crippen molar-refractivity contribution in [2.45, 2.75) is 19.9 Å². The summed E-state index contributed by atoms with van der Waals surface area (Å²) < 4.78 is 1.99. The minimum absolute atomic E-state index is 0.740. The summed E-state index contributed by atoms with van der Waals surface area (Å²) in [5.41, 5.74) is 1.11. The summed E-state index contributed by atoms with van der Waals surface area (Å²) in [5.74, 6) is 1.90. The number of nitrogens with zero attached hydrogens (tertiary/aromatic N) is 4. The lowest BCUT2D eigenvalue weighted by molar-refractivity contribution is 0.629. The molecule has 5 nitrogen and oxygen atoms in total. The van der Waals surface area contributed by atoms with Crippen LogP contribution in [0.1, 0.15) is 17.3 Å². The van der Waals surface area contributed by atoms with Crippen LogP contribution in [0.25, 0.3) is 0 Å². The molecular weight excluding hydrogens is 214 g/mol. The smallest absolute Gasteiger partial charge is 0.146 e. The maximum absolute atomic E-state index is 4.27. The number of hydrogen-bond acceptors (Lipinski definition) is 4. The molecule has 0 unspecified atom stereocenters. The van der Waals surface area contributed by atoms with Crippen molar-refractivity contribution in [1.29, 1.82) is 0 Å². The van der Waals surface area contributed by atoms with Crippen molar-refractivity contribution in [2.24, 2.45) is 7.05 Å². The quantitative estimate of drug-likeness (QED) is 0.775. The third-order valence-corrected chi connectivity index (χ3v) is 2.75. The maximum atomic E-state index is 4.27. The molecule has 2 aromatic heterocycles. The van der Waals surface area contributed by atoms with Crippen molar-refractivity contribution < 1.29 is 0 Å². The van der Waals surface area contributed by atoms with Gasteiger partial charge in [-0.25, -0.2) is 0 Å². The van der Waals surface area contributed by atoms with Crippen molar-refractivity contribution in [1.82, 2.24) is 25.1 Å². The van der Waals surface area contributed by atoms with Crippen molar-refractivity contribution in [3.63, 3.8) is 0 Å². The Hall–Kier alpha value is -1.75. The molecular formula is C12H17N5. The third kappa shape index (κ3) is 3.10. The molecule has 0 aliphatic carbocycles. The Labute approximate surface area is 101 Å². The molecule has 2 heterocycles. The monoisotopic (exact) mass is 231 g/mol. The summed E-state index contributed by atoms with van der Waals surface area (Å²) in [6.07, 6.45) is 2.75. The average Bonchev–Trinajstić information content (AvgIpc) is 2.67. The third-order valence-electron chi connectivity index (χ3n) is 2.75. The molecule has 0 bridgehead atoms. The highest BCUT2D eigenvalue weighted by molar-refractivity contribution is 5.03. The van der Waals surface area contributed by atoms with E-state index in [9.17, 15) is 0 Å². The molecule has 0 atom stereocenters. The van der Waals surface area contributed by atoms with Crippen LogP contribution in [0.5, 0.6) is 0 Å². The Morgan fingerprint density at radius 3 is 2.82 bits per heavy atom. The maximum Gasteiger partial charge on any atom is 0.146 e. The summed E-state index contributed by atoms with van der Waals surface area (Å²) >= 11 is 0. The summed E-state index contributed by atoms with van der Waals surface area (Å²) in [4.78, 5) is 4.27. The van der Waals surface area contributed by atoms with Gasteiger partial charge in [-0.1, -0.05) is 6.07 Å². The minimum atomic E-state index is 0.740. The molecule has 2 rings (SSSR count). The Kier molecular flexibility index (Phi) is 3.82. The Bertz CT molecular complexity index is 463. The molecule has 5 heteroatoms. The van der Waals surface area contributed by atoms with Crippen molar-refractivity contribution >= 4 is 0 Å². The predicted molar refractivity (Wildman–Crippen MR) is 65.4 cm³/mol. The van der Waals surface area contributed by atoms with Gasteiger partial charge in [-0.15, -0.1) is 10.2 Å². The van der Waals surface area contributed by atoms with Crippen LogP contribution >= 0.6 is 0 Å². The molecule has 0 radical (unpaired) electrons. The molecule has 0 spiro atoms. The van der Waals surface area contributed by atoms with E-state index in [1.165, 1.54) is 0 Å². The highest BCUT2D eigenvalue weighted by atomic mass is 15.3. The second-order valence-corrected chi connectivity index (χ2v) is 3.97. The number of hydrogen-bond donors (Lipinski definition) is 1. The fraction of sp³-hybridized carbons (Fsp3) is 0.417. The second kappa shape index (κ2) is 5.54. The van der Waals surface area contributed by atoms with Gasteiger partial charge in [0.2, 0.25) is 0 Å². The molecule has 90 valence electrons. The van der Waals surface area contributed by atoms with Gasteiger partial charge >= 0.3 is 0 Å². The zero-order chi connectivity index (χ0) is 12.1. The highest BCUT2D eigenvalue weighted by Crippen LogP contribution is 1.97. The molecule has 2 aromatic rings. The van der Waals surface area contributed by atoms with Crippen LogP contribution in [0, 0.1) is 6.92 Å². The molecule has 0 aliphatic heterocycles. The SMILES string of the molecule is Cc1nnc(CNCCc2ccccn2)n1C. The van der Waals surface area contributed by atoms with E-state index in [0.29, 0.717) is 0 Å². The van der Waals surface area contributed by atoms with E-state index in [1.807, 2.05) is 42.9 Å². The van der Waals surface area contributed by atoms with Gasteiger partial charge in [0.1, 0.15) is 11.6 Å². The number of nitrogens with one attached hydrogen (secondary N) is 1. The van der Waals surface area contributed by atoms with Gasteiger partial charge in [-0.3, -0.25) is 4.98 Å². The zero-order valence-electron chi connectivity index (χ0n) is 10.2. The zero-order valence-corrected chi connectivity index (χ0v) is 10.2. The first kappa shape index (κ1) is 11.7. The molecule has 0 saturated carbocycles. The molecule has 0 aromatic carbocycles. The average molecular weight is 231 g/mol. The Morgan fingerprint density at radius 1 is 1.29 bits per heavy atom. The largest absolute Gasteiger partial charge is 0.317 e. The lowest BCUT2D eigenvalue weighted by Crippen LogP contribution is -2.19. The highest BCUT2D eigenvalue weighted by Gasteiger charge is 2.03. The standard InChI is InChI=1S/C12H17N5/c1-10-15-16-12(17(10)2)9-13-8-6-11-5-3-4-7-14-11/h3-5,7,13H,6,8-9H2,1-2H3. The van der Waals surface area contributed by atoms with Crippen molar-refractivity contribution in [3.05, 3.63) is 41.7 Å². The lowest BCUT2D eigenvalue weighted by Gasteiger charge is -2.04. The van der Waals surface area contributed by atoms with Crippen LogP contribution in [0.3, 0.4) is 0 Å². The first-order chi connectivity index (χ1) is 8.27. The number of aryl methyl sites for hydroxylation is 1. The van der Waals surface area contributed by atoms with E-state index in [-0.39, 0.29) is 0 Å². The number of aromatic nitrogens is 4. The van der Waals surface area contributed by atoms with E-state index >= 15 is 0 Å². The first-order valence-electron chi connectivity index (χ1n) is 5.73. The van der Waals surface area contributed by atoms with Crippen LogP contribution in [0.2, 0.25) is 0 Å². The molecule has 0 fully saturated rings. The van der Waals surface area contributed by atoms with Crippen molar-refractivity contribution in [2.75, 3.05) is 6.54 Å². The van der Waals surface area contributed by atoms with Gasteiger partial charge in [0.05, 0.1) is 6.54 Å².